The van der Waals surface area contributed by atoms with Gasteiger partial charge in [-0.05, 0) is 18.6 Å². The molecule has 1 aromatic carbocycles. The summed E-state index contributed by atoms with van der Waals surface area (Å²) in [5.74, 6) is 0.715. The SMILES string of the molecule is COc1ccc(N2CCOCC2)c2sc(NC(=O)N3CC4CC3CO4)nc12. The minimum absolute atomic E-state index is 0.100. The summed E-state index contributed by atoms with van der Waals surface area (Å²) >= 11 is 1.49. The topological polar surface area (TPSA) is 76.2 Å². The number of thiazole rings is 1. The Hall–Kier alpha value is -2.10. The largest absolute Gasteiger partial charge is 0.494 e. The lowest BCUT2D eigenvalue weighted by atomic mass is 10.2. The number of carbonyl (C=O) groups excluding carboxylic acids is 1. The molecule has 2 aromatic rings. The van der Waals surface area contributed by atoms with Crippen LogP contribution in [-0.2, 0) is 9.47 Å². The zero-order valence-corrected chi connectivity index (χ0v) is 16.0. The van der Waals surface area contributed by atoms with E-state index >= 15 is 0 Å². The third kappa shape index (κ3) is 2.99. The summed E-state index contributed by atoms with van der Waals surface area (Å²) in [6.45, 7) is 4.41. The van der Waals surface area contributed by atoms with E-state index < -0.39 is 0 Å². The number of urea groups is 1. The molecule has 5 rings (SSSR count). The third-order valence-electron chi connectivity index (χ3n) is 5.43. The lowest BCUT2D eigenvalue weighted by molar-refractivity contribution is 0.0473. The van der Waals surface area contributed by atoms with Crippen LogP contribution in [0.15, 0.2) is 12.1 Å². The normalized spacial score (nSPS) is 24.6. The summed E-state index contributed by atoms with van der Waals surface area (Å²) < 4.78 is 17.6. The number of amides is 2. The maximum absolute atomic E-state index is 12.7. The molecular formula is C18H22N4O4S. The number of methoxy groups -OCH3 is 1. The molecule has 4 heterocycles. The number of ether oxygens (including phenoxy) is 3. The van der Waals surface area contributed by atoms with Gasteiger partial charge >= 0.3 is 6.03 Å². The standard InChI is InChI=1S/C18H22N4O4S/c1-24-14-3-2-13(21-4-6-25-7-5-21)16-15(14)19-17(27-16)20-18(23)22-9-12-8-11(22)10-26-12/h2-3,11-12H,4-10H2,1H3,(H,19,20,23). The lowest BCUT2D eigenvalue weighted by Gasteiger charge is -2.29. The van der Waals surface area contributed by atoms with Crippen molar-refractivity contribution in [2.24, 2.45) is 0 Å². The van der Waals surface area contributed by atoms with Crippen molar-refractivity contribution in [3.63, 3.8) is 0 Å². The van der Waals surface area contributed by atoms with Crippen LogP contribution < -0.4 is 15.0 Å². The van der Waals surface area contributed by atoms with E-state index in [1.54, 1.807) is 7.11 Å². The number of anilines is 2. The van der Waals surface area contributed by atoms with Crippen LogP contribution in [0.3, 0.4) is 0 Å². The Morgan fingerprint density at radius 3 is 2.93 bits per heavy atom. The van der Waals surface area contributed by atoms with E-state index in [0.717, 1.165) is 48.6 Å². The Kier molecular flexibility index (Phi) is 4.30. The molecule has 2 amide bonds. The van der Waals surface area contributed by atoms with Gasteiger partial charge in [-0.3, -0.25) is 5.32 Å². The van der Waals surface area contributed by atoms with Gasteiger partial charge in [0.25, 0.3) is 0 Å². The summed E-state index contributed by atoms with van der Waals surface area (Å²) in [5.41, 5.74) is 1.90. The van der Waals surface area contributed by atoms with E-state index in [-0.39, 0.29) is 18.2 Å². The molecule has 2 atom stereocenters. The molecule has 3 saturated heterocycles. The maximum Gasteiger partial charge on any atom is 0.324 e. The summed E-state index contributed by atoms with van der Waals surface area (Å²) in [4.78, 5) is 21.5. The molecule has 0 spiro atoms. The second kappa shape index (κ2) is 6.81. The first kappa shape index (κ1) is 17.0. The van der Waals surface area contributed by atoms with Crippen molar-refractivity contribution in [3.8, 4) is 5.75 Å². The van der Waals surface area contributed by atoms with Crippen LogP contribution in [-0.4, -0.2) is 74.6 Å². The van der Waals surface area contributed by atoms with Gasteiger partial charge in [0.1, 0.15) is 11.3 Å². The van der Waals surface area contributed by atoms with Crippen molar-refractivity contribution >= 4 is 38.4 Å². The molecule has 2 bridgehead atoms. The molecule has 3 aliphatic heterocycles. The first-order valence-electron chi connectivity index (χ1n) is 9.22. The predicted octanol–water partition coefficient (Wildman–Crippen LogP) is 2.15. The van der Waals surface area contributed by atoms with Crippen LogP contribution in [0.2, 0.25) is 0 Å². The fourth-order valence-corrected chi connectivity index (χ4v) is 5.07. The molecule has 9 heteroatoms. The number of rotatable bonds is 3. The van der Waals surface area contributed by atoms with E-state index in [1.165, 1.54) is 11.3 Å². The Labute approximate surface area is 161 Å². The number of aromatic nitrogens is 1. The van der Waals surface area contributed by atoms with E-state index in [2.05, 4.69) is 21.3 Å². The van der Waals surface area contributed by atoms with E-state index in [9.17, 15) is 4.79 Å². The number of likely N-dealkylation sites (tertiary alicyclic amines) is 1. The molecule has 144 valence electrons. The molecule has 0 saturated carbocycles. The van der Waals surface area contributed by atoms with Gasteiger partial charge in [-0.25, -0.2) is 9.78 Å². The van der Waals surface area contributed by atoms with Crippen LogP contribution >= 0.6 is 11.3 Å². The minimum atomic E-state index is -0.100. The minimum Gasteiger partial charge on any atom is -0.494 e. The summed E-state index contributed by atoms with van der Waals surface area (Å²) in [6.07, 6.45) is 1.12. The first-order chi connectivity index (χ1) is 13.2. The molecule has 8 nitrogen and oxygen atoms in total. The second-order valence-corrected chi connectivity index (χ2v) is 8.01. The van der Waals surface area contributed by atoms with Gasteiger partial charge in [-0.15, -0.1) is 0 Å². The number of carbonyl (C=O) groups is 1. The zero-order valence-electron chi connectivity index (χ0n) is 15.1. The molecule has 0 aliphatic carbocycles. The summed E-state index contributed by atoms with van der Waals surface area (Å²) in [5, 5.41) is 3.57. The number of nitrogens with zero attached hydrogens (tertiary/aromatic N) is 3. The summed E-state index contributed by atoms with van der Waals surface area (Å²) in [6, 6.07) is 4.09. The molecular weight excluding hydrogens is 368 g/mol. The van der Waals surface area contributed by atoms with Crippen molar-refractivity contribution in [1.29, 1.82) is 0 Å². The molecule has 0 radical (unpaired) electrons. The van der Waals surface area contributed by atoms with Crippen LogP contribution in [0.4, 0.5) is 15.6 Å². The van der Waals surface area contributed by atoms with Gasteiger partial charge in [0.15, 0.2) is 5.13 Å². The molecule has 27 heavy (non-hydrogen) atoms. The number of hydrogen-bond donors (Lipinski definition) is 1. The number of nitrogens with one attached hydrogen (secondary N) is 1. The maximum atomic E-state index is 12.7. The van der Waals surface area contributed by atoms with Crippen LogP contribution in [0.5, 0.6) is 5.75 Å². The van der Waals surface area contributed by atoms with Gasteiger partial charge in [-0.2, -0.15) is 0 Å². The Bertz CT molecular complexity index is 866. The van der Waals surface area contributed by atoms with Crippen molar-refractivity contribution in [2.75, 3.05) is 56.8 Å². The van der Waals surface area contributed by atoms with Crippen molar-refractivity contribution in [1.82, 2.24) is 9.88 Å². The fourth-order valence-electron chi connectivity index (χ4n) is 4.05. The average molecular weight is 390 g/mol. The van der Waals surface area contributed by atoms with Crippen LogP contribution in [0.1, 0.15) is 6.42 Å². The van der Waals surface area contributed by atoms with Gasteiger partial charge in [0, 0.05) is 19.6 Å². The van der Waals surface area contributed by atoms with Gasteiger partial charge < -0.3 is 24.0 Å². The Morgan fingerprint density at radius 2 is 2.22 bits per heavy atom. The lowest BCUT2D eigenvalue weighted by Crippen LogP contribution is -2.43. The second-order valence-electron chi connectivity index (χ2n) is 7.01. The predicted molar refractivity (Wildman–Crippen MR) is 103 cm³/mol. The first-order valence-corrected chi connectivity index (χ1v) is 10.0. The highest BCUT2D eigenvalue weighted by atomic mass is 32.1. The molecule has 3 fully saturated rings. The monoisotopic (exact) mass is 390 g/mol. The Balaban J connectivity index is 1.44. The van der Waals surface area contributed by atoms with Gasteiger partial charge in [0.05, 0.1) is 49.5 Å². The quantitative estimate of drug-likeness (QED) is 0.866. The molecule has 1 aromatic heterocycles. The van der Waals surface area contributed by atoms with Gasteiger partial charge in [-0.1, -0.05) is 11.3 Å². The third-order valence-corrected chi connectivity index (χ3v) is 6.43. The van der Waals surface area contributed by atoms with Gasteiger partial charge in [0.2, 0.25) is 0 Å². The average Bonchev–Trinajstić information content (AvgIpc) is 3.43. The highest BCUT2D eigenvalue weighted by Gasteiger charge is 2.41. The molecule has 2 unspecified atom stereocenters. The number of benzene rings is 1. The zero-order chi connectivity index (χ0) is 18.4. The van der Waals surface area contributed by atoms with Crippen LogP contribution in [0.25, 0.3) is 10.2 Å². The number of hydrogen-bond acceptors (Lipinski definition) is 7. The smallest absolute Gasteiger partial charge is 0.324 e. The van der Waals surface area contributed by atoms with Crippen LogP contribution in [0, 0.1) is 0 Å². The van der Waals surface area contributed by atoms with Crippen molar-refractivity contribution in [2.45, 2.75) is 18.6 Å². The van der Waals surface area contributed by atoms with E-state index in [4.69, 9.17) is 14.2 Å². The van der Waals surface area contributed by atoms with E-state index in [1.807, 2.05) is 11.0 Å². The number of fused-ring (bicyclic) bond motifs is 3. The van der Waals surface area contributed by atoms with Crippen molar-refractivity contribution < 1.29 is 19.0 Å². The highest BCUT2D eigenvalue weighted by molar-refractivity contribution is 7.23. The van der Waals surface area contributed by atoms with Crippen molar-refractivity contribution in [3.05, 3.63) is 12.1 Å². The Morgan fingerprint density at radius 1 is 1.37 bits per heavy atom. The number of morpholine rings is 2. The van der Waals surface area contributed by atoms with E-state index in [0.29, 0.717) is 24.0 Å². The fraction of sp³-hybridized carbons (Fsp3) is 0.556. The summed E-state index contributed by atoms with van der Waals surface area (Å²) in [7, 11) is 1.64. The highest BCUT2D eigenvalue weighted by Crippen LogP contribution is 2.40. The molecule has 1 N–H and O–H groups in total. The molecule has 3 aliphatic rings.